The molecule has 174 valence electrons. The predicted molar refractivity (Wildman–Crippen MR) is 120 cm³/mol. The number of carbonyl (C=O) groups excluding carboxylic acids is 2. The third-order valence-electron chi connectivity index (χ3n) is 4.90. The highest BCUT2D eigenvalue weighted by Gasteiger charge is 2.31. The van der Waals surface area contributed by atoms with E-state index in [9.17, 15) is 19.8 Å². The summed E-state index contributed by atoms with van der Waals surface area (Å²) in [4.78, 5) is 29.2. The molecule has 0 spiro atoms. The molecular weight excluding hydrogens is 430 g/mol. The number of phenolic OH excluding ortho intramolecular Hbond substituents is 2. The van der Waals surface area contributed by atoms with Gasteiger partial charge < -0.3 is 34.1 Å². The molecule has 0 amide bonds. The van der Waals surface area contributed by atoms with Gasteiger partial charge in [0.05, 0.1) is 38.8 Å². The number of nitrogens with one attached hydrogen (secondary N) is 1. The van der Waals surface area contributed by atoms with Gasteiger partial charge in [-0.1, -0.05) is 0 Å². The minimum absolute atomic E-state index is 0.0231. The first-order valence-corrected chi connectivity index (χ1v) is 10.2. The van der Waals surface area contributed by atoms with Gasteiger partial charge in [-0.05, 0) is 50.2 Å². The molecule has 9 nitrogen and oxygen atoms in total. The Kier molecular flexibility index (Phi) is 7.12. The highest BCUT2D eigenvalue weighted by molar-refractivity contribution is 6.12. The fourth-order valence-electron chi connectivity index (χ4n) is 3.41. The quantitative estimate of drug-likeness (QED) is 0.433. The minimum atomic E-state index is -0.726. The highest BCUT2D eigenvalue weighted by atomic mass is 16.5. The Morgan fingerprint density at radius 3 is 1.48 bits per heavy atom. The van der Waals surface area contributed by atoms with Crippen molar-refractivity contribution in [2.75, 3.05) is 27.4 Å². The van der Waals surface area contributed by atoms with Crippen LogP contribution in [-0.4, -0.2) is 54.6 Å². The first-order chi connectivity index (χ1) is 15.9. The van der Waals surface area contributed by atoms with Crippen molar-refractivity contribution in [3.05, 3.63) is 47.5 Å². The van der Waals surface area contributed by atoms with Crippen LogP contribution in [0.1, 0.15) is 34.6 Å². The number of H-pyrrole nitrogens is 1. The van der Waals surface area contributed by atoms with E-state index in [2.05, 4.69) is 4.98 Å². The summed E-state index contributed by atoms with van der Waals surface area (Å²) in [7, 11) is 2.80. The first-order valence-electron chi connectivity index (χ1n) is 10.2. The number of rotatable bonds is 8. The second-order valence-electron chi connectivity index (χ2n) is 6.84. The molecule has 3 N–H and O–H groups in total. The van der Waals surface area contributed by atoms with E-state index in [0.29, 0.717) is 11.1 Å². The summed E-state index contributed by atoms with van der Waals surface area (Å²) >= 11 is 0. The van der Waals surface area contributed by atoms with Crippen molar-refractivity contribution in [1.29, 1.82) is 0 Å². The Morgan fingerprint density at radius 1 is 0.758 bits per heavy atom. The third-order valence-corrected chi connectivity index (χ3v) is 4.90. The number of ether oxygens (including phenoxy) is 4. The van der Waals surface area contributed by atoms with Crippen molar-refractivity contribution in [2.24, 2.45) is 0 Å². The van der Waals surface area contributed by atoms with Crippen LogP contribution in [0, 0.1) is 0 Å². The van der Waals surface area contributed by atoms with Gasteiger partial charge in [-0.15, -0.1) is 0 Å². The number of carbonyl (C=O) groups is 2. The molecule has 0 atom stereocenters. The Labute approximate surface area is 190 Å². The average Bonchev–Trinajstić information content (AvgIpc) is 3.21. The van der Waals surface area contributed by atoms with Gasteiger partial charge in [0.1, 0.15) is 11.1 Å². The summed E-state index contributed by atoms with van der Waals surface area (Å²) in [5.74, 6) is -1.25. The summed E-state index contributed by atoms with van der Waals surface area (Å²) in [6.45, 7) is 3.49. The van der Waals surface area contributed by atoms with Gasteiger partial charge in [-0.25, -0.2) is 9.59 Å². The van der Waals surface area contributed by atoms with Crippen molar-refractivity contribution in [3.8, 4) is 45.5 Å². The smallest absolute Gasteiger partial charge is 0.341 e. The molecule has 0 bridgehead atoms. The molecule has 0 saturated heterocycles. The Hall–Kier alpha value is -4.14. The number of hydrogen-bond donors (Lipinski definition) is 3. The standard InChI is InChI=1S/C24H25NO8/c1-5-32-23(28)19-20(24(29)33-6-2)22(14-8-10-16(27)18(12-14)31-4)25-21(19)13-7-9-15(26)17(11-13)30-3/h7-12,25-27H,5-6H2,1-4H3. The lowest BCUT2D eigenvalue weighted by atomic mass is 10.0. The summed E-state index contributed by atoms with van der Waals surface area (Å²) in [5, 5.41) is 20.0. The van der Waals surface area contributed by atoms with E-state index < -0.39 is 11.9 Å². The molecule has 0 aliphatic rings. The maximum absolute atomic E-state index is 13.0. The summed E-state index contributed by atoms with van der Waals surface area (Å²) in [6, 6.07) is 9.03. The monoisotopic (exact) mass is 455 g/mol. The molecule has 0 unspecified atom stereocenters. The van der Waals surface area contributed by atoms with E-state index in [1.165, 1.54) is 38.5 Å². The third kappa shape index (κ3) is 4.57. The van der Waals surface area contributed by atoms with Gasteiger partial charge >= 0.3 is 11.9 Å². The largest absolute Gasteiger partial charge is 0.504 e. The SMILES string of the molecule is CCOC(=O)c1c(-c2ccc(O)c(OC)c2)[nH]c(-c2ccc(O)c(OC)c2)c1C(=O)OCC. The minimum Gasteiger partial charge on any atom is -0.504 e. The van der Waals surface area contributed by atoms with Gasteiger partial charge in [0.15, 0.2) is 23.0 Å². The fourth-order valence-corrected chi connectivity index (χ4v) is 3.41. The Bertz CT molecular complexity index is 1090. The molecule has 33 heavy (non-hydrogen) atoms. The maximum Gasteiger partial charge on any atom is 0.341 e. The number of aromatic amines is 1. The van der Waals surface area contributed by atoms with E-state index in [1.54, 1.807) is 26.0 Å². The van der Waals surface area contributed by atoms with Crippen LogP contribution in [0.4, 0.5) is 0 Å². The van der Waals surface area contributed by atoms with E-state index >= 15 is 0 Å². The van der Waals surface area contributed by atoms with Crippen LogP contribution in [0.2, 0.25) is 0 Å². The topological polar surface area (TPSA) is 127 Å². The number of methoxy groups -OCH3 is 2. The van der Waals surface area contributed by atoms with Gasteiger partial charge in [-0.2, -0.15) is 0 Å². The number of aromatic hydroxyl groups is 2. The lowest BCUT2D eigenvalue weighted by molar-refractivity contribution is 0.0481. The average molecular weight is 455 g/mol. The second kappa shape index (κ2) is 9.99. The van der Waals surface area contributed by atoms with Gasteiger partial charge in [0, 0.05) is 11.1 Å². The van der Waals surface area contributed by atoms with Gasteiger partial charge in [0.25, 0.3) is 0 Å². The molecule has 0 saturated carbocycles. The van der Waals surface area contributed by atoms with Crippen LogP contribution in [0.25, 0.3) is 22.5 Å². The number of hydrogen-bond acceptors (Lipinski definition) is 8. The zero-order valence-corrected chi connectivity index (χ0v) is 18.7. The number of aromatic nitrogens is 1. The predicted octanol–water partition coefficient (Wildman–Crippen LogP) is 4.13. The van der Waals surface area contributed by atoms with Crippen LogP contribution in [0.3, 0.4) is 0 Å². The van der Waals surface area contributed by atoms with E-state index in [-0.39, 0.29) is 58.7 Å². The van der Waals surface area contributed by atoms with Gasteiger partial charge in [-0.3, -0.25) is 0 Å². The summed E-state index contributed by atoms with van der Waals surface area (Å²) in [6.07, 6.45) is 0. The fraction of sp³-hybridized carbons (Fsp3) is 0.250. The molecule has 1 aromatic heterocycles. The first kappa shape index (κ1) is 23.5. The summed E-state index contributed by atoms with van der Waals surface area (Å²) in [5.41, 5.74) is 1.44. The van der Waals surface area contributed by atoms with Crippen LogP contribution < -0.4 is 9.47 Å². The molecule has 0 radical (unpaired) electrons. The number of esters is 2. The van der Waals surface area contributed by atoms with Crippen LogP contribution >= 0.6 is 0 Å². The lowest BCUT2D eigenvalue weighted by Crippen LogP contribution is -2.13. The molecular formula is C24H25NO8. The highest BCUT2D eigenvalue weighted by Crippen LogP contribution is 2.40. The maximum atomic E-state index is 13.0. The van der Waals surface area contributed by atoms with Crippen LogP contribution in [-0.2, 0) is 9.47 Å². The summed E-state index contributed by atoms with van der Waals surface area (Å²) < 4.78 is 20.9. The molecule has 3 rings (SSSR count). The van der Waals surface area contributed by atoms with Gasteiger partial charge in [0.2, 0.25) is 0 Å². The van der Waals surface area contributed by atoms with Crippen molar-refractivity contribution >= 4 is 11.9 Å². The van der Waals surface area contributed by atoms with Crippen molar-refractivity contribution in [3.63, 3.8) is 0 Å². The molecule has 0 fully saturated rings. The lowest BCUT2D eigenvalue weighted by Gasteiger charge is -2.10. The number of phenols is 2. The van der Waals surface area contributed by atoms with E-state index in [4.69, 9.17) is 18.9 Å². The number of benzene rings is 2. The van der Waals surface area contributed by atoms with Crippen LogP contribution in [0.5, 0.6) is 23.0 Å². The Morgan fingerprint density at radius 2 is 1.15 bits per heavy atom. The van der Waals surface area contributed by atoms with Crippen LogP contribution in [0.15, 0.2) is 36.4 Å². The second-order valence-corrected chi connectivity index (χ2v) is 6.84. The molecule has 0 aliphatic heterocycles. The van der Waals surface area contributed by atoms with E-state index in [0.717, 1.165) is 0 Å². The van der Waals surface area contributed by atoms with Crippen molar-refractivity contribution < 1.29 is 38.7 Å². The van der Waals surface area contributed by atoms with E-state index in [1.807, 2.05) is 0 Å². The molecule has 0 aliphatic carbocycles. The molecule has 9 heteroatoms. The zero-order chi connectivity index (χ0) is 24.1. The Balaban J connectivity index is 2.36. The molecule has 1 heterocycles. The van der Waals surface area contributed by atoms with Crippen molar-refractivity contribution in [1.82, 2.24) is 4.98 Å². The van der Waals surface area contributed by atoms with Crippen molar-refractivity contribution in [2.45, 2.75) is 13.8 Å². The normalized spacial score (nSPS) is 10.5. The zero-order valence-electron chi connectivity index (χ0n) is 18.7. The molecule has 3 aromatic rings. The molecule has 2 aromatic carbocycles.